The number of carbonyl (C=O) groups excluding carboxylic acids is 2. The topological polar surface area (TPSA) is 120 Å². The van der Waals surface area contributed by atoms with E-state index in [0.717, 1.165) is 5.69 Å². The van der Waals surface area contributed by atoms with Crippen LogP contribution in [-0.2, 0) is 13.6 Å². The van der Waals surface area contributed by atoms with Crippen LogP contribution in [0.1, 0.15) is 33.6 Å². The third kappa shape index (κ3) is 4.48. The van der Waals surface area contributed by atoms with Gasteiger partial charge in [-0.3, -0.25) is 19.0 Å². The van der Waals surface area contributed by atoms with Gasteiger partial charge in [-0.15, -0.1) is 0 Å². The summed E-state index contributed by atoms with van der Waals surface area (Å²) in [5.41, 5.74) is 2.32. The molecule has 33 heavy (non-hydrogen) atoms. The summed E-state index contributed by atoms with van der Waals surface area (Å²) in [6, 6.07) is 6.34. The van der Waals surface area contributed by atoms with Crippen molar-refractivity contribution in [2.45, 2.75) is 20.4 Å². The lowest BCUT2D eigenvalue weighted by Crippen LogP contribution is -2.21. The van der Waals surface area contributed by atoms with Gasteiger partial charge >= 0.3 is 0 Å². The molecule has 3 heterocycles. The van der Waals surface area contributed by atoms with Gasteiger partial charge in [0.15, 0.2) is 11.5 Å². The largest absolute Gasteiger partial charge is 0.355 e. The van der Waals surface area contributed by atoms with Crippen LogP contribution in [-0.4, -0.2) is 36.5 Å². The summed E-state index contributed by atoms with van der Waals surface area (Å²) in [4.78, 5) is 25.8. The van der Waals surface area contributed by atoms with Gasteiger partial charge in [0, 0.05) is 30.2 Å². The number of rotatable bonds is 6. The molecule has 170 valence electrons. The van der Waals surface area contributed by atoms with Crippen molar-refractivity contribution in [2.75, 3.05) is 10.6 Å². The Hall–Kier alpha value is -3.63. The van der Waals surface area contributed by atoms with Crippen LogP contribution >= 0.6 is 23.2 Å². The average Bonchev–Trinajstić information content (AvgIpc) is 3.49. The van der Waals surface area contributed by atoms with Gasteiger partial charge in [-0.25, -0.2) is 0 Å². The first-order chi connectivity index (χ1) is 15.8. The zero-order valence-corrected chi connectivity index (χ0v) is 19.4. The summed E-state index contributed by atoms with van der Waals surface area (Å²) in [6.45, 7) is 4.09. The molecular formula is C21H19Cl2N7O3. The predicted molar refractivity (Wildman–Crippen MR) is 124 cm³/mol. The summed E-state index contributed by atoms with van der Waals surface area (Å²) in [5.74, 6) is -0.706. The summed E-state index contributed by atoms with van der Waals surface area (Å²) >= 11 is 12.1. The van der Waals surface area contributed by atoms with Gasteiger partial charge in [0.1, 0.15) is 5.69 Å². The molecule has 0 saturated carbocycles. The third-order valence-electron chi connectivity index (χ3n) is 5.03. The van der Waals surface area contributed by atoms with Crippen molar-refractivity contribution in [3.63, 3.8) is 0 Å². The molecule has 0 fully saturated rings. The van der Waals surface area contributed by atoms with Crippen molar-refractivity contribution in [3.8, 4) is 11.3 Å². The first kappa shape index (κ1) is 22.6. The van der Waals surface area contributed by atoms with Crippen LogP contribution in [0.4, 0.5) is 11.4 Å². The molecule has 0 radical (unpaired) electrons. The van der Waals surface area contributed by atoms with Gasteiger partial charge in [0.25, 0.3) is 11.8 Å². The quantitative estimate of drug-likeness (QED) is 0.415. The Bertz CT molecular complexity index is 1360. The van der Waals surface area contributed by atoms with Crippen LogP contribution in [0, 0.1) is 6.92 Å². The smallest absolute Gasteiger partial charge is 0.277 e. The summed E-state index contributed by atoms with van der Waals surface area (Å²) in [5, 5.41) is 18.4. The number of halogens is 2. The van der Waals surface area contributed by atoms with E-state index in [1.807, 2.05) is 13.8 Å². The van der Waals surface area contributed by atoms with E-state index in [-0.39, 0.29) is 17.1 Å². The van der Waals surface area contributed by atoms with E-state index in [1.54, 1.807) is 36.1 Å². The number of benzene rings is 1. The van der Waals surface area contributed by atoms with E-state index < -0.39 is 11.8 Å². The molecule has 2 amide bonds. The Morgan fingerprint density at radius 1 is 1.06 bits per heavy atom. The van der Waals surface area contributed by atoms with Gasteiger partial charge < -0.3 is 15.2 Å². The highest BCUT2D eigenvalue weighted by Crippen LogP contribution is 2.31. The highest BCUT2D eigenvalue weighted by molar-refractivity contribution is 6.36. The second-order valence-corrected chi connectivity index (χ2v) is 7.94. The minimum Gasteiger partial charge on any atom is -0.355 e. The maximum atomic E-state index is 13.0. The predicted octanol–water partition coefficient (Wildman–Crippen LogP) is 4.41. The van der Waals surface area contributed by atoms with Crippen molar-refractivity contribution in [1.29, 1.82) is 0 Å². The Kier molecular flexibility index (Phi) is 6.21. The molecule has 12 heteroatoms. The molecule has 0 aliphatic heterocycles. The van der Waals surface area contributed by atoms with Crippen LogP contribution < -0.4 is 10.6 Å². The van der Waals surface area contributed by atoms with Gasteiger partial charge in [0.05, 0.1) is 34.5 Å². The lowest BCUT2D eigenvalue weighted by Gasteiger charge is -2.09. The first-order valence-electron chi connectivity index (χ1n) is 9.87. The van der Waals surface area contributed by atoms with E-state index in [4.69, 9.17) is 27.7 Å². The molecule has 0 aliphatic rings. The lowest BCUT2D eigenvalue weighted by atomic mass is 10.1. The number of hydrogen-bond donors (Lipinski definition) is 2. The number of nitrogens with one attached hydrogen (secondary N) is 2. The monoisotopic (exact) mass is 487 g/mol. The summed E-state index contributed by atoms with van der Waals surface area (Å²) < 4.78 is 8.41. The molecule has 0 unspecified atom stereocenters. The van der Waals surface area contributed by atoms with Crippen LogP contribution in [0.3, 0.4) is 0 Å². The molecule has 4 rings (SSSR count). The van der Waals surface area contributed by atoms with Crippen molar-refractivity contribution < 1.29 is 14.1 Å². The molecule has 0 aliphatic carbocycles. The van der Waals surface area contributed by atoms with Crippen molar-refractivity contribution in [2.24, 2.45) is 7.05 Å². The highest BCUT2D eigenvalue weighted by atomic mass is 35.5. The SMILES string of the molecule is CCn1ncc(NC(=O)c2cc(-c3ccc(Cl)cc3Cl)on2)c1C(=O)Nc1cnn(C)c1C. The van der Waals surface area contributed by atoms with E-state index in [0.29, 0.717) is 33.6 Å². The normalized spacial score (nSPS) is 10.9. The average molecular weight is 488 g/mol. The number of hydrogen-bond acceptors (Lipinski definition) is 6. The van der Waals surface area contributed by atoms with Crippen LogP contribution in [0.25, 0.3) is 11.3 Å². The molecule has 1 aromatic carbocycles. The fourth-order valence-corrected chi connectivity index (χ4v) is 3.65. The van der Waals surface area contributed by atoms with E-state index in [2.05, 4.69) is 26.0 Å². The van der Waals surface area contributed by atoms with Gasteiger partial charge in [-0.05, 0) is 32.0 Å². The second-order valence-electron chi connectivity index (χ2n) is 7.10. The second kappa shape index (κ2) is 9.08. The number of amides is 2. The first-order valence-corrected chi connectivity index (χ1v) is 10.6. The maximum Gasteiger partial charge on any atom is 0.277 e. The number of anilines is 2. The number of carbonyl (C=O) groups is 2. The Labute approximate surface area is 198 Å². The van der Waals surface area contributed by atoms with E-state index in [1.165, 1.54) is 16.9 Å². The zero-order valence-electron chi connectivity index (χ0n) is 17.9. The minimum atomic E-state index is -0.572. The molecular weight excluding hydrogens is 469 g/mol. The van der Waals surface area contributed by atoms with Gasteiger partial charge in [0.2, 0.25) is 0 Å². The number of aryl methyl sites for hydroxylation is 2. The van der Waals surface area contributed by atoms with Gasteiger partial charge in [-0.2, -0.15) is 10.2 Å². The molecule has 0 spiro atoms. The lowest BCUT2D eigenvalue weighted by molar-refractivity contribution is 0.101. The zero-order chi connectivity index (χ0) is 23.7. The number of nitrogens with zero attached hydrogens (tertiary/aromatic N) is 5. The van der Waals surface area contributed by atoms with E-state index in [9.17, 15) is 9.59 Å². The molecule has 2 N–H and O–H groups in total. The van der Waals surface area contributed by atoms with Crippen LogP contribution in [0.5, 0.6) is 0 Å². The van der Waals surface area contributed by atoms with Crippen LogP contribution in [0.2, 0.25) is 10.0 Å². The van der Waals surface area contributed by atoms with Crippen molar-refractivity contribution >= 4 is 46.4 Å². The Morgan fingerprint density at radius 2 is 1.79 bits per heavy atom. The standard InChI is InChI=1S/C21H19Cl2N7O3/c1-4-30-19(21(32)26-16-9-24-29(3)11(16)2)17(10-25-30)27-20(31)15-8-18(33-28-15)13-6-5-12(22)7-14(13)23/h5-10H,4H2,1-3H3,(H,26,32)(H,27,31). The molecule has 10 nitrogen and oxygen atoms in total. The molecule has 0 atom stereocenters. The Balaban J connectivity index is 1.57. The van der Waals surface area contributed by atoms with Crippen molar-refractivity contribution in [1.82, 2.24) is 24.7 Å². The van der Waals surface area contributed by atoms with Gasteiger partial charge in [-0.1, -0.05) is 28.4 Å². The molecule has 3 aromatic heterocycles. The maximum absolute atomic E-state index is 13.0. The fourth-order valence-electron chi connectivity index (χ4n) is 3.14. The summed E-state index contributed by atoms with van der Waals surface area (Å²) in [7, 11) is 1.77. The van der Waals surface area contributed by atoms with E-state index >= 15 is 0 Å². The highest BCUT2D eigenvalue weighted by Gasteiger charge is 2.23. The summed E-state index contributed by atoms with van der Waals surface area (Å²) in [6.07, 6.45) is 2.96. The number of aromatic nitrogens is 5. The van der Waals surface area contributed by atoms with Crippen LogP contribution in [0.15, 0.2) is 41.2 Å². The molecule has 0 saturated heterocycles. The Morgan fingerprint density at radius 3 is 2.45 bits per heavy atom. The third-order valence-corrected chi connectivity index (χ3v) is 5.57. The fraction of sp³-hybridized carbons (Fsp3) is 0.190. The molecule has 4 aromatic rings. The van der Waals surface area contributed by atoms with Crippen molar-refractivity contribution in [3.05, 3.63) is 63.8 Å². The minimum absolute atomic E-state index is 0.00901. The molecule has 0 bridgehead atoms.